The van der Waals surface area contributed by atoms with Gasteiger partial charge in [-0.2, -0.15) is 13.2 Å². The fourth-order valence-electron chi connectivity index (χ4n) is 5.22. The highest BCUT2D eigenvalue weighted by Gasteiger charge is 2.32. The van der Waals surface area contributed by atoms with Gasteiger partial charge in [-0.15, -0.1) is 0 Å². The quantitative estimate of drug-likeness (QED) is 0.461. The molecule has 0 N–H and O–H groups in total. The number of alkyl halides is 3. The van der Waals surface area contributed by atoms with Gasteiger partial charge in [0.05, 0.1) is 0 Å². The molecule has 0 atom stereocenters. The van der Waals surface area contributed by atoms with E-state index in [9.17, 15) is 13.2 Å². The lowest BCUT2D eigenvalue weighted by molar-refractivity contribution is -0.0328. The highest BCUT2D eigenvalue weighted by atomic mass is 32.2. The van der Waals surface area contributed by atoms with Crippen molar-refractivity contribution in [3.63, 3.8) is 0 Å². The van der Waals surface area contributed by atoms with Crippen LogP contribution in [0.3, 0.4) is 0 Å². The number of halogens is 3. The molecule has 0 saturated heterocycles. The third kappa shape index (κ3) is 5.68. The van der Waals surface area contributed by atoms with E-state index in [-0.39, 0.29) is 11.8 Å². The van der Waals surface area contributed by atoms with E-state index >= 15 is 0 Å². The Kier molecular flexibility index (Phi) is 6.98. The summed E-state index contributed by atoms with van der Waals surface area (Å²) in [6, 6.07) is 7.09. The molecule has 0 aromatic heterocycles. The predicted molar refractivity (Wildman–Crippen MR) is 103 cm³/mol. The molecule has 2 aliphatic rings. The van der Waals surface area contributed by atoms with E-state index in [0.717, 1.165) is 17.8 Å². The van der Waals surface area contributed by atoms with Gasteiger partial charge in [-0.05, 0) is 91.7 Å². The van der Waals surface area contributed by atoms with Crippen LogP contribution in [0.1, 0.15) is 82.6 Å². The minimum Gasteiger partial charge on any atom is -0.160 e. The van der Waals surface area contributed by atoms with E-state index in [1.165, 1.54) is 69.8 Å². The molecule has 0 spiro atoms. The lowest BCUT2D eigenvalue weighted by Gasteiger charge is -2.38. The zero-order chi connectivity index (χ0) is 18.6. The molecular formula is C22H31F3S. The molecule has 3 rings (SSSR count). The Balaban J connectivity index is 1.46. The Bertz CT molecular complexity index is 536. The Morgan fingerprint density at radius 1 is 0.846 bits per heavy atom. The normalized spacial score (nSPS) is 30.3. The van der Waals surface area contributed by atoms with E-state index in [2.05, 4.69) is 6.92 Å². The van der Waals surface area contributed by atoms with Gasteiger partial charge in [0, 0.05) is 4.90 Å². The fourth-order valence-corrected chi connectivity index (χ4v) is 5.76. The van der Waals surface area contributed by atoms with Crippen molar-refractivity contribution < 1.29 is 13.2 Å². The molecule has 0 nitrogen and oxygen atoms in total. The van der Waals surface area contributed by atoms with E-state index in [1.54, 1.807) is 12.1 Å². The zero-order valence-corrected chi connectivity index (χ0v) is 16.5. The van der Waals surface area contributed by atoms with Gasteiger partial charge in [-0.3, -0.25) is 0 Å². The maximum Gasteiger partial charge on any atom is 0.446 e. The first-order chi connectivity index (χ1) is 12.4. The second-order valence-electron chi connectivity index (χ2n) is 8.30. The molecule has 4 heteroatoms. The highest BCUT2D eigenvalue weighted by molar-refractivity contribution is 8.00. The summed E-state index contributed by atoms with van der Waals surface area (Å²) in [5.41, 5.74) is -2.97. The molecule has 2 aliphatic carbocycles. The van der Waals surface area contributed by atoms with Crippen LogP contribution in [0.15, 0.2) is 29.2 Å². The largest absolute Gasteiger partial charge is 0.446 e. The van der Waals surface area contributed by atoms with Crippen LogP contribution < -0.4 is 0 Å². The molecule has 26 heavy (non-hydrogen) atoms. The summed E-state index contributed by atoms with van der Waals surface area (Å²) >= 11 is -0.0212. The van der Waals surface area contributed by atoms with Crippen LogP contribution in [0.4, 0.5) is 13.2 Å². The highest BCUT2D eigenvalue weighted by Crippen LogP contribution is 2.45. The minimum atomic E-state index is -4.20. The lowest BCUT2D eigenvalue weighted by atomic mass is 9.68. The van der Waals surface area contributed by atoms with Crippen molar-refractivity contribution in [1.82, 2.24) is 0 Å². The van der Waals surface area contributed by atoms with E-state index in [1.807, 2.05) is 12.1 Å². The van der Waals surface area contributed by atoms with E-state index < -0.39 is 5.51 Å². The van der Waals surface area contributed by atoms with Gasteiger partial charge in [0.25, 0.3) is 0 Å². The number of rotatable bonds is 5. The fraction of sp³-hybridized carbons (Fsp3) is 0.727. The third-order valence-corrected chi connectivity index (χ3v) is 7.35. The molecule has 0 heterocycles. The van der Waals surface area contributed by atoms with Crippen LogP contribution >= 0.6 is 11.8 Å². The minimum absolute atomic E-state index is 0.0212. The molecule has 146 valence electrons. The van der Waals surface area contributed by atoms with Crippen molar-refractivity contribution in [2.45, 2.75) is 87.5 Å². The number of hydrogen-bond acceptors (Lipinski definition) is 1. The Hall–Kier alpha value is -0.640. The Morgan fingerprint density at radius 3 is 1.88 bits per heavy atom. The summed E-state index contributed by atoms with van der Waals surface area (Å²) in [5, 5.41) is 0. The molecule has 0 radical (unpaired) electrons. The summed E-state index contributed by atoms with van der Waals surface area (Å²) < 4.78 is 37.3. The van der Waals surface area contributed by atoms with Gasteiger partial charge in [0.1, 0.15) is 0 Å². The molecule has 0 unspecified atom stereocenters. The zero-order valence-electron chi connectivity index (χ0n) is 15.7. The average molecular weight is 385 g/mol. The average Bonchev–Trinajstić information content (AvgIpc) is 2.62. The maximum absolute atomic E-state index is 12.4. The van der Waals surface area contributed by atoms with Crippen molar-refractivity contribution in [1.29, 1.82) is 0 Å². The summed E-state index contributed by atoms with van der Waals surface area (Å²) in [7, 11) is 0. The second kappa shape index (κ2) is 9.03. The maximum atomic E-state index is 12.4. The Morgan fingerprint density at radius 2 is 1.38 bits per heavy atom. The molecule has 1 aromatic rings. The van der Waals surface area contributed by atoms with E-state index in [0.29, 0.717) is 10.8 Å². The SMILES string of the molecule is CCCC1CCC(C2CCC(c3ccc(SC(F)(F)F)cc3)CC2)CC1. The van der Waals surface area contributed by atoms with Gasteiger partial charge in [0.2, 0.25) is 0 Å². The molecule has 1 aromatic carbocycles. The molecule has 0 aliphatic heterocycles. The van der Waals surface area contributed by atoms with Crippen LogP contribution in [-0.2, 0) is 0 Å². The smallest absolute Gasteiger partial charge is 0.160 e. The first-order valence-corrected chi connectivity index (χ1v) is 11.1. The van der Waals surface area contributed by atoms with Crippen LogP contribution in [0.25, 0.3) is 0 Å². The van der Waals surface area contributed by atoms with Crippen LogP contribution in [0, 0.1) is 17.8 Å². The van der Waals surface area contributed by atoms with Gasteiger partial charge >= 0.3 is 5.51 Å². The first kappa shape index (κ1) is 20.1. The molecule has 0 amide bonds. The van der Waals surface area contributed by atoms with Crippen molar-refractivity contribution in [2.24, 2.45) is 17.8 Å². The van der Waals surface area contributed by atoms with Crippen LogP contribution in [0.2, 0.25) is 0 Å². The number of hydrogen-bond donors (Lipinski definition) is 0. The summed E-state index contributed by atoms with van der Waals surface area (Å²) in [4.78, 5) is 0.291. The second-order valence-corrected chi connectivity index (χ2v) is 9.44. The van der Waals surface area contributed by atoms with Crippen molar-refractivity contribution in [3.05, 3.63) is 29.8 Å². The lowest BCUT2D eigenvalue weighted by Crippen LogP contribution is -2.25. The molecule has 0 bridgehead atoms. The first-order valence-electron chi connectivity index (χ1n) is 10.3. The topological polar surface area (TPSA) is 0 Å². The van der Waals surface area contributed by atoms with E-state index in [4.69, 9.17) is 0 Å². The third-order valence-electron chi connectivity index (χ3n) is 6.61. The predicted octanol–water partition coefficient (Wildman–Crippen LogP) is 8.18. The molecule has 2 fully saturated rings. The summed E-state index contributed by atoms with van der Waals surface area (Å²) in [5.74, 6) is 3.32. The van der Waals surface area contributed by atoms with Crippen molar-refractivity contribution >= 4 is 11.8 Å². The van der Waals surface area contributed by atoms with Crippen LogP contribution in [0.5, 0.6) is 0 Å². The monoisotopic (exact) mass is 384 g/mol. The van der Waals surface area contributed by atoms with Gasteiger partial charge < -0.3 is 0 Å². The molecular weight excluding hydrogens is 353 g/mol. The van der Waals surface area contributed by atoms with Crippen molar-refractivity contribution in [3.8, 4) is 0 Å². The van der Waals surface area contributed by atoms with Crippen molar-refractivity contribution in [2.75, 3.05) is 0 Å². The van der Waals surface area contributed by atoms with Gasteiger partial charge in [-0.25, -0.2) is 0 Å². The Labute approximate surface area is 160 Å². The van der Waals surface area contributed by atoms with Crippen LogP contribution in [-0.4, -0.2) is 5.51 Å². The number of benzene rings is 1. The molecule has 2 saturated carbocycles. The number of thioether (sulfide) groups is 1. The van der Waals surface area contributed by atoms with Gasteiger partial charge in [-0.1, -0.05) is 44.7 Å². The standard InChI is InChI=1S/C22H31F3S/c1-2-3-16-4-6-17(7-5-16)18-8-10-19(11-9-18)20-12-14-21(15-13-20)26-22(23,24)25/h12-19H,2-11H2,1H3. The summed E-state index contributed by atoms with van der Waals surface area (Å²) in [6.07, 6.45) is 13.4. The van der Waals surface area contributed by atoms with Gasteiger partial charge in [0.15, 0.2) is 0 Å². The summed E-state index contributed by atoms with van der Waals surface area (Å²) in [6.45, 7) is 2.29.